The van der Waals surface area contributed by atoms with E-state index in [0.29, 0.717) is 16.7 Å². The van der Waals surface area contributed by atoms with Crippen molar-refractivity contribution in [3.63, 3.8) is 0 Å². The summed E-state index contributed by atoms with van der Waals surface area (Å²) < 4.78 is 23.8. The summed E-state index contributed by atoms with van der Waals surface area (Å²) in [5.41, 5.74) is 1.58. The summed E-state index contributed by atoms with van der Waals surface area (Å²) in [6.45, 7) is 1.84. The van der Waals surface area contributed by atoms with E-state index < -0.39 is 9.84 Å². The van der Waals surface area contributed by atoms with Crippen LogP contribution in [0.15, 0.2) is 28.0 Å². The van der Waals surface area contributed by atoms with Crippen molar-refractivity contribution in [2.75, 3.05) is 0 Å². The molecule has 0 N–H and O–H groups in total. The van der Waals surface area contributed by atoms with Crippen molar-refractivity contribution in [2.45, 2.75) is 18.2 Å². The molecule has 4 heteroatoms. The highest BCUT2D eigenvalue weighted by atomic mass is 32.2. The van der Waals surface area contributed by atoms with Gasteiger partial charge in [-0.15, -0.1) is 0 Å². The second-order valence-corrected chi connectivity index (χ2v) is 5.50. The van der Waals surface area contributed by atoms with Gasteiger partial charge in [0, 0.05) is 6.42 Å². The van der Waals surface area contributed by atoms with Crippen LogP contribution in [0.2, 0.25) is 0 Å². The minimum Gasteiger partial charge on any atom is -0.303 e. The first kappa shape index (κ1) is 10.1. The molecule has 0 aliphatic carbocycles. The molecular weight excluding hydrogens is 212 g/mol. The van der Waals surface area contributed by atoms with Crippen LogP contribution in [0.3, 0.4) is 0 Å². The molecule has 78 valence electrons. The van der Waals surface area contributed by atoms with Crippen LogP contribution >= 0.6 is 0 Å². The Hall–Kier alpha value is -1.42. The Morgan fingerprint density at radius 2 is 2.07 bits per heavy atom. The summed E-state index contributed by atoms with van der Waals surface area (Å²) in [5.74, 6) is 0. The van der Waals surface area contributed by atoms with Crippen LogP contribution in [0.1, 0.15) is 17.5 Å². The number of hydrogen-bond donors (Lipinski definition) is 0. The number of fused-ring (bicyclic) bond motifs is 1. The molecule has 2 rings (SSSR count). The molecule has 1 aromatic rings. The molecule has 1 aromatic carbocycles. The number of aryl methyl sites for hydroxylation is 1. The standard InChI is InChI=1S/C11H10O3S/c1-8-2-3-9-7-10(4-5-12)15(13,14)11(9)6-8/h2-3,5-7H,4H2,1H3. The molecule has 0 atom stereocenters. The topological polar surface area (TPSA) is 51.2 Å². The van der Waals surface area contributed by atoms with Crippen LogP contribution < -0.4 is 0 Å². The van der Waals surface area contributed by atoms with Crippen molar-refractivity contribution in [2.24, 2.45) is 0 Å². The summed E-state index contributed by atoms with van der Waals surface area (Å²) in [4.78, 5) is 10.9. The average molecular weight is 222 g/mol. The van der Waals surface area contributed by atoms with E-state index in [1.54, 1.807) is 18.2 Å². The van der Waals surface area contributed by atoms with E-state index in [-0.39, 0.29) is 11.3 Å². The molecule has 0 fully saturated rings. The predicted octanol–water partition coefficient (Wildman–Crippen LogP) is 1.71. The molecule has 3 nitrogen and oxygen atoms in total. The Kier molecular flexibility index (Phi) is 2.23. The second kappa shape index (κ2) is 3.31. The molecule has 1 heterocycles. The van der Waals surface area contributed by atoms with Gasteiger partial charge >= 0.3 is 0 Å². The van der Waals surface area contributed by atoms with Gasteiger partial charge in [0.15, 0.2) is 0 Å². The number of sulfone groups is 1. The zero-order chi connectivity index (χ0) is 11.1. The number of carbonyl (C=O) groups is 1. The fourth-order valence-electron chi connectivity index (χ4n) is 1.64. The highest BCUT2D eigenvalue weighted by Crippen LogP contribution is 2.34. The summed E-state index contributed by atoms with van der Waals surface area (Å²) >= 11 is 0. The van der Waals surface area contributed by atoms with Gasteiger partial charge in [0.2, 0.25) is 9.84 Å². The van der Waals surface area contributed by atoms with Crippen molar-refractivity contribution in [1.82, 2.24) is 0 Å². The number of carbonyl (C=O) groups excluding carboxylic acids is 1. The molecule has 1 aliphatic heterocycles. The van der Waals surface area contributed by atoms with Crippen LogP contribution in [0.4, 0.5) is 0 Å². The zero-order valence-corrected chi connectivity index (χ0v) is 9.04. The Labute approximate surface area is 88.3 Å². The van der Waals surface area contributed by atoms with Crippen LogP contribution in [0.25, 0.3) is 6.08 Å². The minimum absolute atomic E-state index is 0.0456. The van der Waals surface area contributed by atoms with E-state index in [0.717, 1.165) is 5.56 Å². The molecule has 1 aliphatic rings. The lowest BCUT2D eigenvalue weighted by Gasteiger charge is -2.01. The van der Waals surface area contributed by atoms with Gasteiger partial charge in [-0.3, -0.25) is 0 Å². The van der Waals surface area contributed by atoms with Gasteiger partial charge in [-0.1, -0.05) is 12.1 Å². The van der Waals surface area contributed by atoms with Crippen LogP contribution in [-0.2, 0) is 14.6 Å². The molecule has 0 bridgehead atoms. The number of hydrogen-bond acceptors (Lipinski definition) is 3. The van der Waals surface area contributed by atoms with Gasteiger partial charge in [0.25, 0.3) is 0 Å². The maximum Gasteiger partial charge on any atom is 0.203 e. The molecule has 15 heavy (non-hydrogen) atoms. The third kappa shape index (κ3) is 1.51. The first-order valence-electron chi connectivity index (χ1n) is 4.55. The fraction of sp³-hybridized carbons (Fsp3) is 0.182. The maximum absolute atomic E-state index is 11.9. The number of allylic oxidation sites excluding steroid dienone is 1. The van der Waals surface area contributed by atoms with Gasteiger partial charge in [-0.05, 0) is 30.2 Å². The third-order valence-electron chi connectivity index (χ3n) is 2.40. The predicted molar refractivity (Wildman–Crippen MR) is 57.0 cm³/mol. The molecule has 0 spiro atoms. The molecule has 0 saturated carbocycles. The van der Waals surface area contributed by atoms with Crippen molar-refractivity contribution >= 4 is 22.2 Å². The van der Waals surface area contributed by atoms with E-state index in [1.165, 1.54) is 0 Å². The van der Waals surface area contributed by atoms with Gasteiger partial charge in [-0.25, -0.2) is 8.42 Å². The van der Waals surface area contributed by atoms with E-state index in [1.807, 2.05) is 13.0 Å². The lowest BCUT2D eigenvalue weighted by Crippen LogP contribution is -2.01. The zero-order valence-electron chi connectivity index (χ0n) is 8.23. The third-order valence-corrected chi connectivity index (χ3v) is 4.31. The molecule has 0 saturated heterocycles. The Morgan fingerprint density at radius 1 is 1.33 bits per heavy atom. The van der Waals surface area contributed by atoms with E-state index in [2.05, 4.69) is 0 Å². The average Bonchev–Trinajstić information content (AvgIpc) is 2.41. The van der Waals surface area contributed by atoms with Crippen molar-refractivity contribution in [1.29, 1.82) is 0 Å². The normalized spacial score (nSPS) is 17.0. The Morgan fingerprint density at radius 3 is 2.73 bits per heavy atom. The van der Waals surface area contributed by atoms with Crippen molar-refractivity contribution < 1.29 is 13.2 Å². The molecule has 0 radical (unpaired) electrons. The summed E-state index contributed by atoms with van der Waals surface area (Å²) in [5, 5.41) is 0. The Bertz CT molecular complexity index is 553. The first-order chi connectivity index (χ1) is 7.05. The number of aldehydes is 1. The Balaban J connectivity index is 2.63. The molecule has 0 amide bonds. The summed E-state index contributed by atoms with van der Waals surface area (Å²) in [7, 11) is -3.40. The second-order valence-electron chi connectivity index (χ2n) is 3.53. The van der Waals surface area contributed by atoms with Gasteiger partial charge in [-0.2, -0.15) is 0 Å². The quantitative estimate of drug-likeness (QED) is 0.716. The van der Waals surface area contributed by atoms with E-state index >= 15 is 0 Å². The summed E-state index contributed by atoms with van der Waals surface area (Å²) in [6.07, 6.45) is 2.14. The highest BCUT2D eigenvalue weighted by molar-refractivity contribution is 7.95. The fourth-order valence-corrected chi connectivity index (χ4v) is 3.27. The first-order valence-corrected chi connectivity index (χ1v) is 6.04. The number of rotatable bonds is 2. The largest absolute Gasteiger partial charge is 0.303 e. The lowest BCUT2D eigenvalue weighted by molar-refractivity contribution is -0.107. The van der Waals surface area contributed by atoms with E-state index in [4.69, 9.17) is 0 Å². The van der Waals surface area contributed by atoms with Gasteiger partial charge in [0.05, 0.1) is 9.80 Å². The monoisotopic (exact) mass is 222 g/mol. The minimum atomic E-state index is -3.40. The van der Waals surface area contributed by atoms with Crippen molar-refractivity contribution in [3.05, 3.63) is 34.2 Å². The van der Waals surface area contributed by atoms with Gasteiger partial charge in [0.1, 0.15) is 6.29 Å². The summed E-state index contributed by atoms with van der Waals surface area (Å²) in [6, 6.07) is 5.26. The smallest absolute Gasteiger partial charge is 0.203 e. The van der Waals surface area contributed by atoms with Gasteiger partial charge < -0.3 is 4.79 Å². The SMILES string of the molecule is Cc1ccc2c(c1)S(=O)(=O)C(CC=O)=C2. The lowest BCUT2D eigenvalue weighted by atomic mass is 10.1. The van der Waals surface area contributed by atoms with Crippen molar-refractivity contribution in [3.8, 4) is 0 Å². The maximum atomic E-state index is 11.9. The van der Waals surface area contributed by atoms with E-state index in [9.17, 15) is 13.2 Å². The molecule has 0 unspecified atom stereocenters. The number of benzene rings is 1. The highest BCUT2D eigenvalue weighted by Gasteiger charge is 2.28. The molecule has 0 aromatic heterocycles. The van der Waals surface area contributed by atoms with Crippen LogP contribution in [0.5, 0.6) is 0 Å². The van der Waals surface area contributed by atoms with Crippen LogP contribution in [0, 0.1) is 6.92 Å². The van der Waals surface area contributed by atoms with Crippen LogP contribution in [-0.4, -0.2) is 14.7 Å². The molecular formula is C11H10O3S.